The minimum atomic E-state index is 0.102. The summed E-state index contributed by atoms with van der Waals surface area (Å²) in [6.45, 7) is 2.26. The monoisotopic (exact) mass is 325 g/mol. The van der Waals surface area contributed by atoms with Crippen molar-refractivity contribution >= 4 is 5.91 Å². The summed E-state index contributed by atoms with van der Waals surface area (Å²) in [6.07, 6.45) is 1.21. The van der Waals surface area contributed by atoms with E-state index in [9.17, 15) is 4.79 Å². The Morgan fingerprint density at radius 2 is 1.79 bits per heavy atom. The Morgan fingerprint density at radius 1 is 1.08 bits per heavy atom. The van der Waals surface area contributed by atoms with E-state index in [1.54, 1.807) is 0 Å². The fraction of sp³-hybridized carbons (Fsp3) is 0.350. The Labute approximate surface area is 143 Å². The molecule has 0 aromatic heterocycles. The third-order valence-electron chi connectivity index (χ3n) is 4.19. The van der Waals surface area contributed by atoms with Crippen LogP contribution in [0.4, 0.5) is 0 Å². The highest BCUT2D eigenvalue weighted by molar-refractivity contribution is 5.76. The lowest BCUT2D eigenvalue weighted by molar-refractivity contribution is -0.140. The topological polar surface area (TPSA) is 38.8 Å². The lowest BCUT2D eigenvalue weighted by Crippen LogP contribution is -2.50. The number of para-hydroxylation sites is 1. The van der Waals surface area contributed by atoms with Gasteiger partial charge in [0.15, 0.2) is 0 Å². The molecule has 0 radical (unpaired) electrons. The quantitative estimate of drug-likeness (QED) is 0.820. The van der Waals surface area contributed by atoms with Crippen molar-refractivity contribution in [1.29, 1.82) is 0 Å². The lowest BCUT2D eigenvalue weighted by atomic mass is 10.0. The van der Waals surface area contributed by atoms with E-state index < -0.39 is 0 Å². The largest absolute Gasteiger partial charge is 0.493 e. The average molecular weight is 325 g/mol. The number of morpholine rings is 1. The summed E-state index contributed by atoms with van der Waals surface area (Å²) in [4.78, 5) is 14.5. The zero-order valence-corrected chi connectivity index (χ0v) is 13.8. The first kappa shape index (κ1) is 16.5. The van der Waals surface area contributed by atoms with Crippen molar-refractivity contribution in [2.24, 2.45) is 0 Å². The number of nitrogens with zero attached hydrogens (tertiary/aromatic N) is 1. The predicted molar refractivity (Wildman–Crippen MR) is 93.0 cm³/mol. The number of benzene rings is 2. The highest BCUT2D eigenvalue weighted by atomic mass is 16.5. The third-order valence-corrected chi connectivity index (χ3v) is 4.19. The fourth-order valence-corrected chi connectivity index (χ4v) is 2.95. The number of carbonyl (C=O) groups is 1. The second-order valence-electron chi connectivity index (χ2n) is 5.92. The van der Waals surface area contributed by atoms with Gasteiger partial charge in [0.1, 0.15) is 5.75 Å². The van der Waals surface area contributed by atoms with Crippen LogP contribution in [0.5, 0.6) is 5.75 Å². The first-order valence-corrected chi connectivity index (χ1v) is 8.42. The highest BCUT2D eigenvalue weighted by Gasteiger charge is 2.27. The molecule has 0 spiro atoms. The normalized spacial score (nSPS) is 17.5. The molecule has 1 atom stereocenters. The van der Waals surface area contributed by atoms with E-state index in [2.05, 4.69) is 12.1 Å². The van der Waals surface area contributed by atoms with Crippen LogP contribution in [-0.4, -0.2) is 43.2 Å². The summed E-state index contributed by atoms with van der Waals surface area (Å²) in [5.41, 5.74) is 1.23. The second-order valence-corrected chi connectivity index (χ2v) is 5.92. The maximum Gasteiger partial charge on any atom is 0.226 e. The van der Waals surface area contributed by atoms with E-state index in [-0.39, 0.29) is 11.9 Å². The van der Waals surface area contributed by atoms with Crippen molar-refractivity contribution in [3.05, 3.63) is 66.2 Å². The van der Waals surface area contributed by atoms with Crippen LogP contribution in [0.3, 0.4) is 0 Å². The van der Waals surface area contributed by atoms with Gasteiger partial charge in [0.05, 0.1) is 32.3 Å². The lowest BCUT2D eigenvalue weighted by Gasteiger charge is -2.36. The standard InChI is InChI=1S/C20H23NO3/c22-20(11-13-24-19-9-5-2-6-10-19)21-12-14-23-16-18(21)15-17-7-3-1-4-8-17/h1-10,18H,11-16H2. The van der Waals surface area contributed by atoms with Crippen molar-refractivity contribution in [3.8, 4) is 5.75 Å². The average Bonchev–Trinajstić information content (AvgIpc) is 2.64. The van der Waals surface area contributed by atoms with E-state index in [1.165, 1.54) is 5.56 Å². The van der Waals surface area contributed by atoms with Crippen molar-refractivity contribution in [1.82, 2.24) is 4.90 Å². The Kier molecular flexibility index (Phi) is 5.85. The van der Waals surface area contributed by atoms with Crippen LogP contribution in [-0.2, 0) is 16.0 Å². The molecule has 4 nitrogen and oxygen atoms in total. The van der Waals surface area contributed by atoms with Crippen LogP contribution < -0.4 is 4.74 Å². The first-order chi connectivity index (χ1) is 11.8. The zero-order chi connectivity index (χ0) is 16.6. The van der Waals surface area contributed by atoms with Gasteiger partial charge in [0.2, 0.25) is 5.91 Å². The van der Waals surface area contributed by atoms with Gasteiger partial charge in [-0.3, -0.25) is 4.79 Å². The van der Waals surface area contributed by atoms with E-state index in [0.717, 1.165) is 12.2 Å². The molecular weight excluding hydrogens is 302 g/mol. The summed E-state index contributed by atoms with van der Waals surface area (Å²) in [5.74, 6) is 0.934. The van der Waals surface area contributed by atoms with Crippen LogP contribution in [0.1, 0.15) is 12.0 Å². The maximum atomic E-state index is 12.6. The first-order valence-electron chi connectivity index (χ1n) is 8.42. The Bertz CT molecular complexity index is 630. The van der Waals surface area contributed by atoms with Crippen LogP contribution >= 0.6 is 0 Å². The molecule has 3 rings (SSSR count). The molecule has 0 aliphatic carbocycles. The van der Waals surface area contributed by atoms with Gasteiger partial charge in [-0.15, -0.1) is 0 Å². The fourth-order valence-electron chi connectivity index (χ4n) is 2.95. The molecule has 1 unspecified atom stereocenters. The van der Waals surface area contributed by atoms with Gasteiger partial charge in [-0.05, 0) is 24.1 Å². The zero-order valence-electron chi connectivity index (χ0n) is 13.8. The molecular formula is C20H23NO3. The molecule has 0 saturated carbocycles. The number of hydrogen-bond donors (Lipinski definition) is 0. The molecule has 1 amide bonds. The second kappa shape index (κ2) is 8.50. The van der Waals surface area contributed by atoms with Gasteiger partial charge < -0.3 is 14.4 Å². The molecule has 24 heavy (non-hydrogen) atoms. The SMILES string of the molecule is O=C(CCOc1ccccc1)N1CCOCC1Cc1ccccc1. The van der Waals surface area contributed by atoms with E-state index in [0.29, 0.717) is 32.8 Å². The molecule has 0 N–H and O–H groups in total. The summed E-state index contributed by atoms with van der Waals surface area (Å²) in [5, 5.41) is 0. The van der Waals surface area contributed by atoms with Crippen molar-refractivity contribution < 1.29 is 14.3 Å². The van der Waals surface area contributed by atoms with Crippen LogP contribution in [0.25, 0.3) is 0 Å². The van der Waals surface area contributed by atoms with Gasteiger partial charge in [0, 0.05) is 6.54 Å². The van der Waals surface area contributed by atoms with Gasteiger partial charge >= 0.3 is 0 Å². The van der Waals surface area contributed by atoms with Crippen molar-refractivity contribution in [3.63, 3.8) is 0 Å². The number of hydrogen-bond acceptors (Lipinski definition) is 3. The molecule has 126 valence electrons. The van der Waals surface area contributed by atoms with E-state index >= 15 is 0 Å². The molecule has 1 aliphatic heterocycles. The molecule has 2 aromatic carbocycles. The van der Waals surface area contributed by atoms with Crippen LogP contribution in [0, 0.1) is 0 Å². The molecule has 1 fully saturated rings. The van der Waals surface area contributed by atoms with Crippen molar-refractivity contribution in [2.75, 3.05) is 26.4 Å². The number of rotatable bonds is 6. The highest BCUT2D eigenvalue weighted by Crippen LogP contribution is 2.15. The third kappa shape index (κ3) is 4.59. The van der Waals surface area contributed by atoms with E-state index in [1.807, 2.05) is 53.4 Å². The van der Waals surface area contributed by atoms with Gasteiger partial charge in [-0.1, -0.05) is 48.5 Å². The molecule has 1 heterocycles. The molecule has 4 heteroatoms. The Balaban J connectivity index is 1.53. The Hall–Kier alpha value is -2.33. The summed E-state index contributed by atoms with van der Waals surface area (Å²) < 4.78 is 11.2. The molecule has 2 aromatic rings. The van der Waals surface area contributed by atoms with Gasteiger partial charge in [0.25, 0.3) is 0 Å². The van der Waals surface area contributed by atoms with Crippen molar-refractivity contribution in [2.45, 2.75) is 18.9 Å². The number of amides is 1. The van der Waals surface area contributed by atoms with Crippen LogP contribution in [0.15, 0.2) is 60.7 Å². The van der Waals surface area contributed by atoms with E-state index in [4.69, 9.17) is 9.47 Å². The summed E-state index contributed by atoms with van der Waals surface area (Å²) in [7, 11) is 0. The Morgan fingerprint density at radius 3 is 2.54 bits per heavy atom. The number of ether oxygens (including phenoxy) is 2. The minimum absolute atomic E-state index is 0.102. The molecule has 1 saturated heterocycles. The smallest absolute Gasteiger partial charge is 0.226 e. The van der Waals surface area contributed by atoms with Gasteiger partial charge in [-0.25, -0.2) is 0 Å². The minimum Gasteiger partial charge on any atom is -0.493 e. The molecule has 0 bridgehead atoms. The summed E-state index contributed by atoms with van der Waals surface area (Å²) in [6, 6.07) is 19.9. The molecule has 1 aliphatic rings. The van der Waals surface area contributed by atoms with Crippen LogP contribution in [0.2, 0.25) is 0 Å². The maximum absolute atomic E-state index is 12.6. The number of carbonyl (C=O) groups excluding carboxylic acids is 1. The predicted octanol–water partition coefficient (Wildman–Crippen LogP) is 2.93. The summed E-state index contributed by atoms with van der Waals surface area (Å²) >= 11 is 0. The van der Waals surface area contributed by atoms with Gasteiger partial charge in [-0.2, -0.15) is 0 Å².